The third-order valence-corrected chi connectivity index (χ3v) is 31.8. The van der Waals surface area contributed by atoms with Crippen LogP contribution in [0, 0.1) is 46.3 Å². The van der Waals surface area contributed by atoms with Crippen molar-refractivity contribution in [3.8, 4) is 11.5 Å². The Morgan fingerprint density at radius 3 is 1.27 bits per heavy atom. The van der Waals surface area contributed by atoms with Crippen LogP contribution in [0.4, 0.5) is 53.5 Å². The Kier molecular flexibility index (Phi) is 35.9. The maximum Gasteiger partial charge on any atom is 0.453 e. The Labute approximate surface area is 688 Å². The molecule has 4 aliphatic heterocycles. The maximum atomic E-state index is 13.3. The van der Waals surface area contributed by atoms with Gasteiger partial charge in [0.1, 0.15) is 11.5 Å². The standard InChI is InChI=1S/C43H65F5N2O4S.C32H47F5O3S.C11H19ClN2O.HI/c1-41-22-18-36-35-15-14-34(54-40(52)50-25-19-33(20-26-50)49-23-9-7-10-24-49)30-32(35)29-31(39(36)37(41)16-17-38(41)51)13-8-5-3-2-4-6-11-27-55(53)28-12-21-42(44,45)43(46,47)48;1-30-17-15-26-25-12-11-24(38)21-23(25)20-22(29(26)27(30)13-14-28(30)39)10-7-5-3-2-4-6-8-18-41(40)19-9-16-31(33,34)32(35,36)37;12-11(15)14-8-4-10(5-9-14)13-6-2-1-3-7-13;/h14-15,30-31,33,36-39,51H,2-13,16-29H2,1H3;11-12,21-22,26-29,38-39H,2-10,13-20H2,1H3;10H,1-9H2;1H/t31-,36-,37+,38+,39-,41+,55?;22-,26-,27+,28+,29-,30+,41?;;/m11../s1. The fourth-order valence-electron chi connectivity index (χ4n) is 22.2. The summed E-state index contributed by atoms with van der Waals surface area (Å²) >= 11 is 5.46. The number of phenolic OH excluding ortho intramolecular Hbond substituents is 1. The normalized spacial score (nSPS) is 29.2. The molecular weight excluding hydrogens is 1630 g/mol. The van der Waals surface area contributed by atoms with Gasteiger partial charge in [-0.1, -0.05) is 116 Å². The minimum Gasteiger partial charge on any atom is -0.508 e. The Hall–Kier alpha value is -2.56. The molecule has 3 N–H and O–H groups in total. The van der Waals surface area contributed by atoms with Crippen LogP contribution in [0.3, 0.4) is 0 Å². The number of amides is 2. The average Bonchev–Trinajstić information content (AvgIpc) is 1.46. The minimum atomic E-state index is -5.55. The monoisotopic (exact) mass is 1760 g/mol. The summed E-state index contributed by atoms with van der Waals surface area (Å²) < 4.78 is 156. The molecular formula is C86H132ClF10IN4O8S2. The Morgan fingerprint density at radius 2 is 0.857 bits per heavy atom. The molecule has 26 heteroatoms. The number of likely N-dealkylation sites (tertiary alicyclic amines) is 4. The lowest BCUT2D eigenvalue weighted by Gasteiger charge is -2.53. The third kappa shape index (κ3) is 24.8. The second kappa shape index (κ2) is 43.1. The highest BCUT2D eigenvalue weighted by Crippen LogP contribution is 2.65. The number of nitrogens with zero attached hydrogens (tertiary/aromatic N) is 4. The molecule has 0 aromatic heterocycles. The van der Waals surface area contributed by atoms with Crippen LogP contribution in [0.15, 0.2) is 36.4 Å². The smallest absolute Gasteiger partial charge is 0.453 e. The molecule has 0 spiro atoms. The largest absolute Gasteiger partial charge is 0.508 e. The number of phenols is 1. The highest BCUT2D eigenvalue weighted by molar-refractivity contribution is 14.0. The fourth-order valence-corrected chi connectivity index (χ4v) is 24.7. The van der Waals surface area contributed by atoms with E-state index in [2.05, 4.69) is 41.8 Å². The van der Waals surface area contributed by atoms with E-state index in [9.17, 15) is 77.2 Å². The lowest BCUT2D eigenvalue weighted by Crippen LogP contribution is -2.48. The number of alkyl halides is 10. The fraction of sp³-hybridized carbons (Fsp3) is 0.837. The van der Waals surface area contributed by atoms with Gasteiger partial charge in [-0.3, -0.25) is 13.2 Å². The molecule has 8 fully saturated rings. The van der Waals surface area contributed by atoms with E-state index < -0.39 is 71.5 Å². The van der Waals surface area contributed by atoms with Gasteiger partial charge in [-0.25, -0.2) is 4.79 Å². The number of ether oxygens (including phenoxy) is 1. The second-order valence-electron chi connectivity index (χ2n) is 35.6. The molecule has 4 saturated carbocycles. The van der Waals surface area contributed by atoms with E-state index in [-0.39, 0.29) is 70.0 Å². The van der Waals surface area contributed by atoms with Crippen molar-refractivity contribution in [1.82, 2.24) is 19.6 Å². The van der Waals surface area contributed by atoms with Crippen LogP contribution < -0.4 is 4.74 Å². The summed E-state index contributed by atoms with van der Waals surface area (Å²) in [5, 5.41) is 31.8. The van der Waals surface area contributed by atoms with Gasteiger partial charge in [-0.15, -0.1) is 24.0 Å². The van der Waals surface area contributed by atoms with Gasteiger partial charge in [-0.2, -0.15) is 43.9 Å². The van der Waals surface area contributed by atoms with Gasteiger partial charge in [0, 0.05) is 95.7 Å². The van der Waals surface area contributed by atoms with Gasteiger partial charge >= 0.3 is 35.7 Å². The number of hydrogen-bond acceptors (Lipinski definition) is 10. The number of aliphatic hydroxyl groups is 2. The number of rotatable bonds is 31. The predicted molar refractivity (Wildman–Crippen MR) is 436 cm³/mol. The molecule has 2 unspecified atom stereocenters. The molecule has 4 heterocycles. The zero-order valence-electron chi connectivity index (χ0n) is 66.7. The van der Waals surface area contributed by atoms with Crippen LogP contribution in [-0.4, -0.2) is 179 Å². The minimum absolute atomic E-state index is 0. The van der Waals surface area contributed by atoms with Gasteiger partial charge in [-0.05, 0) is 297 Å². The van der Waals surface area contributed by atoms with Gasteiger partial charge in [0.15, 0.2) is 0 Å². The summed E-state index contributed by atoms with van der Waals surface area (Å²) in [4.78, 5) is 33.1. The lowest BCUT2D eigenvalue weighted by molar-refractivity contribution is -0.284. The summed E-state index contributed by atoms with van der Waals surface area (Å²) in [5.41, 5.74) is 5.43. The van der Waals surface area contributed by atoms with Crippen molar-refractivity contribution in [2.75, 3.05) is 75.4 Å². The maximum absolute atomic E-state index is 13.3. The van der Waals surface area contributed by atoms with Crippen molar-refractivity contribution in [2.45, 2.75) is 331 Å². The molecule has 2 aromatic carbocycles. The number of aliphatic hydroxyl groups excluding tert-OH is 2. The molecule has 4 saturated heterocycles. The molecule has 12 nitrogen and oxygen atoms in total. The highest BCUT2D eigenvalue weighted by Gasteiger charge is 2.60. The van der Waals surface area contributed by atoms with Crippen molar-refractivity contribution in [1.29, 1.82) is 0 Å². The van der Waals surface area contributed by atoms with Crippen LogP contribution in [-0.2, 0) is 34.4 Å². The van der Waals surface area contributed by atoms with Crippen molar-refractivity contribution in [2.24, 2.45) is 46.3 Å². The molecule has 0 radical (unpaired) electrons. The summed E-state index contributed by atoms with van der Waals surface area (Å²) in [7, 11) is -2.73. The van der Waals surface area contributed by atoms with E-state index >= 15 is 0 Å². The van der Waals surface area contributed by atoms with Crippen LogP contribution in [0.25, 0.3) is 0 Å². The molecule has 0 bridgehead atoms. The summed E-state index contributed by atoms with van der Waals surface area (Å²) in [6.45, 7) is 12.6. The third-order valence-electron chi connectivity index (χ3n) is 28.6. The van der Waals surface area contributed by atoms with E-state index in [1.54, 1.807) is 4.90 Å². The number of aromatic hydroxyl groups is 1. The van der Waals surface area contributed by atoms with E-state index in [1.807, 2.05) is 23.1 Å². The number of hydrogen-bond donors (Lipinski definition) is 3. The van der Waals surface area contributed by atoms with Gasteiger partial charge in [0.25, 0.3) is 0 Å². The molecule has 10 aliphatic rings. The quantitative estimate of drug-likeness (QED) is 0.0219. The van der Waals surface area contributed by atoms with E-state index in [4.69, 9.17) is 16.3 Å². The Morgan fingerprint density at radius 1 is 0.482 bits per heavy atom. The van der Waals surface area contributed by atoms with Gasteiger partial charge in [0.2, 0.25) is 0 Å². The molecule has 6 aliphatic carbocycles. The van der Waals surface area contributed by atoms with E-state index in [0.29, 0.717) is 95.3 Å². The summed E-state index contributed by atoms with van der Waals surface area (Å²) in [5.74, 6) is -3.75. The zero-order valence-corrected chi connectivity index (χ0v) is 71.4. The number of unbranched alkanes of at least 4 members (excludes halogenated alkanes) is 12. The number of carbonyl (C=O) groups is 2. The van der Waals surface area contributed by atoms with E-state index in [0.717, 1.165) is 206 Å². The number of carbonyl (C=O) groups excluding carboxylic acids is 2. The van der Waals surface area contributed by atoms with Crippen molar-refractivity contribution in [3.05, 3.63) is 58.7 Å². The average molecular weight is 1770 g/mol. The van der Waals surface area contributed by atoms with Crippen molar-refractivity contribution >= 4 is 68.6 Å². The number of benzene rings is 2. The van der Waals surface area contributed by atoms with E-state index in [1.165, 1.54) is 87.0 Å². The molecule has 2 amide bonds. The Balaban J connectivity index is 0.000000220. The molecule has 2 aromatic rings. The zero-order chi connectivity index (χ0) is 79.7. The first kappa shape index (κ1) is 93.3. The lowest BCUT2D eigenvalue weighted by atomic mass is 9.52. The summed E-state index contributed by atoms with van der Waals surface area (Å²) in [6, 6.07) is 13.6. The van der Waals surface area contributed by atoms with Crippen LogP contribution >= 0.6 is 35.6 Å². The van der Waals surface area contributed by atoms with Crippen molar-refractivity contribution in [3.63, 3.8) is 0 Å². The van der Waals surface area contributed by atoms with Gasteiger partial charge < -0.3 is 39.7 Å². The van der Waals surface area contributed by atoms with Crippen LogP contribution in [0.5, 0.6) is 11.5 Å². The topological polar surface area (TPSA) is 151 Å². The predicted octanol–water partition coefficient (Wildman–Crippen LogP) is 22.0. The van der Waals surface area contributed by atoms with Gasteiger partial charge in [0.05, 0.1) is 12.2 Å². The van der Waals surface area contributed by atoms with Crippen LogP contribution in [0.1, 0.15) is 292 Å². The Bertz CT molecular complexity index is 3280. The number of piperidine rings is 4. The molecule has 112 heavy (non-hydrogen) atoms. The van der Waals surface area contributed by atoms with Crippen molar-refractivity contribution < 1.29 is 82.0 Å². The first-order chi connectivity index (χ1) is 52.9. The summed E-state index contributed by atoms with van der Waals surface area (Å²) in [6.07, 6.45) is 23.5. The van der Waals surface area contributed by atoms with Crippen LogP contribution in [0.2, 0.25) is 0 Å². The SMILES string of the molecule is C[C@]12CC[C@@H]3c4ccc(O)cc4C[C@@H](CCCCCCCCCS(=O)CCCC(F)(F)C(F)(F)F)[C@H]3[C@@H]1CC[C@@H]2O.C[C@]12CC[C@@H]3c4ccc(OC(=O)N5CCC(N6CCCCC6)CC5)cc4C[C@@H](CCCCCCCCCS(=O)CCCC(F)(F)C(F)(F)F)[C@H]3[C@@H]1CC[C@@H]2O.I.O=C(Cl)N1CCC(N2CCCCC2)CC1. The molecule has 640 valence electrons. The number of fused-ring (bicyclic) bond motifs is 10. The molecule has 14 atom stereocenters. The number of halogens is 12. The second-order valence-corrected chi connectivity index (χ2v) is 39.3. The molecule has 12 rings (SSSR count). The first-order valence-corrected chi connectivity index (χ1v) is 46.5. The first-order valence-electron chi connectivity index (χ1n) is 43.2. The highest BCUT2D eigenvalue weighted by atomic mass is 127.